The van der Waals surface area contributed by atoms with Crippen LogP contribution in [0.15, 0.2) is 53.7 Å². The molecule has 0 heterocycles. The zero-order chi connectivity index (χ0) is 15.1. The van der Waals surface area contributed by atoms with Crippen molar-refractivity contribution in [2.75, 3.05) is 6.54 Å². The summed E-state index contributed by atoms with van der Waals surface area (Å²) in [6.07, 6.45) is 1.01. The Kier molecular flexibility index (Phi) is 5.35. The fraction of sp³-hybridized carbons (Fsp3) is 0.235. The summed E-state index contributed by atoms with van der Waals surface area (Å²) in [6, 6.07) is 16.1. The minimum Gasteiger partial charge on any atom is -0.409 e. The Morgan fingerprint density at radius 1 is 1.19 bits per heavy atom. The molecule has 0 aliphatic carbocycles. The molecule has 0 amide bonds. The molecule has 4 N–H and O–H groups in total. The highest BCUT2D eigenvalue weighted by molar-refractivity contribution is 5.97. The summed E-state index contributed by atoms with van der Waals surface area (Å²) in [5, 5.41) is 15.1. The third-order valence-corrected chi connectivity index (χ3v) is 3.49. The third-order valence-electron chi connectivity index (χ3n) is 3.49. The second-order valence-electron chi connectivity index (χ2n) is 5.04. The predicted octanol–water partition coefficient (Wildman–Crippen LogP) is 2.42. The average Bonchev–Trinajstić information content (AvgIpc) is 2.52. The number of nitrogens with zero attached hydrogens (tertiary/aromatic N) is 1. The molecule has 0 unspecified atom stereocenters. The molecular weight excluding hydrogens is 262 g/mol. The molecule has 21 heavy (non-hydrogen) atoms. The molecule has 0 saturated carbocycles. The molecule has 0 fully saturated rings. The van der Waals surface area contributed by atoms with Crippen LogP contribution in [0.3, 0.4) is 0 Å². The molecule has 0 atom stereocenters. The SMILES string of the molecule is Cc1ccccc1CCNCc1cccc(C(N)=NO)c1. The Balaban J connectivity index is 1.85. The maximum absolute atomic E-state index is 8.69. The Morgan fingerprint density at radius 2 is 2.00 bits per heavy atom. The molecule has 110 valence electrons. The molecule has 0 spiro atoms. The summed E-state index contributed by atoms with van der Waals surface area (Å²) in [5.41, 5.74) is 10.1. The fourth-order valence-corrected chi connectivity index (χ4v) is 2.24. The summed E-state index contributed by atoms with van der Waals surface area (Å²) >= 11 is 0. The third kappa shape index (κ3) is 4.33. The first-order valence-electron chi connectivity index (χ1n) is 7.03. The zero-order valence-corrected chi connectivity index (χ0v) is 12.2. The van der Waals surface area contributed by atoms with Crippen LogP contribution in [0, 0.1) is 6.92 Å². The number of rotatable bonds is 6. The quantitative estimate of drug-likeness (QED) is 0.251. The van der Waals surface area contributed by atoms with Gasteiger partial charge in [-0.2, -0.15) is 0 Å². The van der Waals surface area contributed by atoms with Crippen LogP contribution in [0.5, 0.6) is 0 Å². The Hall–Kier alpha value is -2.33. The largest absolute Gasteiger partial charge is 0.409 e. The van der Waals surface area contributed by atoms with E-state index in [9.17, 15) is 0 Å². The number of nitrogens with two attached hydrogens (primary N) is 1. The van der Waals surface area contributed by atoms with Crippen molar-refractivity contribution in [1.82, 2.24) is 5.32 Å². The van der Waals surface area contributed by atoms with E-state index in [1.54, 1.807) is 0 Å². The van der Waals surface area contributed by atoms with Crippen molar-refractivity contribution in [2.45, 2.75) is 19.9 Å². The van der Waals surface area contributed by atoms with Crippen LogP contribution in [-0.4, -0.2) is 17.6 Å². The lowest BCUT2D eigenvalue weighted by Gasteiger charge is -2.08. The van der Waals surface area contributed by atoms with Crippen molar-refractivity contribution in [3.8, 4) is 0 Å². The molecule has 0 aliphatic rings. The van der Waals surface area contributed by atoms with E-state index < -0.39 is 0 Å². The molecule has 0 saturated heterocycles. The van der Waals surface area contributed by atoms with Crippen molar-refractivity contribution in [3.63, 3.8) is 0 Å². The average molecular weight is 283 g/mol. The first-order chi connectivity index (χ1) is 10.2. The van der Waals surface area contributed by atoms with Gasteiger partial charge in [0.2, 0.25) is 0 Å². The van der Waals surface area contributed by atoms with Crippen molar-refractivity contribution < 1.29 is 5.21 Å². The second kappa shape index (κ2) is 7.45. The van der Waals surface area contributed by atoms with Gasteiger partial charge in [-0.15, -0.1) is 0 Å². The number of hydrogen-bond donors (Lipinski definition) is 3. The summed E-state index contributed by atoms with van der Waals surface area (Å²) < 4.78 is 0. The standard InChI is InChI=1S/C17H21N3O/c1-13-5-2-3-7-15(13)9-10-19-12-14-6-4-8-16(11-14)17(18)20-21/h2-8,11,19,21H,9-10,12H2,1H3,(H2,18,20). The molecular formula is C17H21N3O. The van der Waals surface area contributed by atoms with E-state index in [0.29, 0.717) is 0 Å². The van der Waals surface area contributed by atoms with Crippen LogP contribution >= 0.6 is 0 Å². The molecule has 2 aromatic carbocycles. The molecule has 4 heteroatoms. The van der Waals surface area contributed by atoms with Gasteiger partial charge < -0.3 is 16.3 Å². The van der Waals surface area contributed by atoms with Crippen LogP contribution in [0.4, 0.5) is 0 Å². The summed E-state index contributed by atoms with van der Waals surface area (Å²) in [4.78, 5) is 0. The van der Waals surface area contributed by atoms with Crippen LogP contribution in [0.2, 0.25) is 0 Å². The Labute approximate surface area is 125 Å². The number of amidine groups is 1. The van der Waals surface area contributed by atoms with Crippen molar-refractivity contribution in [2.24, 2.45) is 10.9 Å². The van der Waals surface area contributed by atoms with Crippen LogP contribution in [0.25, 0.3) is 0 Å². The van der Waals surface area contributed by atoms with E-state index in [0.717, 1.165) is 30.6 Å². The lowest BCUT2D eigenvalue weighted by molar-refractivity contribution is 0.318. The zero-order valence-electron chi connectivity index (χ0n) is 12.2. The van der Waals surface area contributed by atoms with Gasteiger partial charge in [0, 0.05) is 12.1 Å². The van der Waals surface area contributed by atoms with Gasteiger partial charge in [-0.3, -0.25) is 0 Å². The van der Waals surface area contributed by atoms with Gasteiger partial charge in [-0.1, -0.05) is 47.6 Å². The van der Waals surface area contributed by atoms with Gasteiger partial charge >= 0.3 is 0 Å². The lowest BCUT2D eigenvalue weighted by Crippen LogP contribution is -2.18. The molecule has 0 aliphatic heterocycles. The summed E-state index contributed by atoms with van der Waals surface area (Å²) in [6.45, 7) is 3.81. The highest BCUT2D eigenvalue weighted by Crippen LogP contribution is 2.08. The number of hydrogen-bond acceptors (Lipinski definition) is 3. The molecule has 2 rings (SSSR count). The van der Waals surface area contributed by atoms with Crippen LogP contribution in [0.1, 0.15) is 22.3 Å². The molecule has 0 radical (unpaired) electrons. The Bertz CT molecular complexity index is 623. The number of nitrogens with one attached hydrogen (secondary N) is 1. The van der Waals surface area contributed by atoms with E-state index in [1.165, 1.54) is 11.1 Å². The highest BCUT2D eigenvalue weighted by Gasteiger charge is 2.01. The highest BCUT2D eigenvalue weighted by atomic mass is 16.4. The molecule has 0 bridgehead atoms. The minimum absolute atomic E-state index is 0.136. The Morgan fingerprint density at radius 3 is 2.76 bits per heavy atom. The number of oxime groups is 1. The molecule has 4 nitrogen and oxygen atoms in total. The van der Waals surface area contributed by atoms with Gasteiger partial charge in [-0.25, -0.2) is 0 Å². The lowest BCUT2D eigenvalue weighted by atomic mass is 10.1. The molecule has 2 aromatic rings. The van der Waals surface area contributed by atoms with Gasteiger partial charge in [0.05, 0.1) is 0 Å². The van der Waals surface area contributed by atoms with E-state index in [1.807, 2.05) is 24.3 Å². The van der Waals surface area contributed by atoms with Crippen molar-refractivity contribution in [3.05, 3.63) is 70.8 Å². The normalized spacial score (nSPS) is 11.6. The van der Waals surface area contributed by atoms with Gasteiger partial charge in [0.25, 0.3) is 0 Å². The maximum atomic E-state index is 8.69. The monoisotopic (exact) mass is 283 g/mol. The van der Waals surface area contributed by atoms with E-state index in [2.05, 4.69) is 41.7 Å². The van der Waals surface area contributed by atoms with Crippen molar-refractivity contribution >= 4 is 5.84 Å². The van der Waals surface area contributed by atoms with E-state index >= 15 is 0 Å². The van der Waals surface area contributed by atoms with E-state index in [-0.39, 0.29) is 5.84 Å². The fourth-order valence-electron chi connectivity index (χ4n) is 2.24. The van der Waals surface area contributed by atoms with Crippen molar-refractivity contribution in [1.29, 1.82) is 0 Å². The second-order valence-corrected chi connectivity index (χ2v) is 5.04. The van der Waals surface area contributed by atoms with Gasteiger partial charge in [0.15, 0.2) is 5.84 Å². The smallest absolute Gasteiger partial charge is 0.170 e. The van der Waals surface area contributed by atoms with Gasteiger partial charge in [-0.05, 0) is 42.6 Å². The van der Waals surface area contributed by atoms with Gasteiger partial charge in [0.1, 0.15) is 0 Å². The maximum Gasteiger partial charge on any atom is 0.170 e. The van der Waals surface area contributed by atoms with E-state index in [4.69, 9.17) is 10.9 Å². The summed E-state index contributed by atoms with van der Waals surface area (Å²) in [5.74, 6) is 0.136. The first-order valence-corrected chi connectivity index (χ1v) is 7.03. The predicted molar refractivity (Wildman–Crippen MR) is 85.5 cm³/mol. The number of benzene rings is 2. The minimum atomic E-state index is 0.136. The summed E-state index contributed by atoms with van der Waals surface area (Å²) in [7, 11) is 0. The first kappa shape index (κ1) is 15.1. The topological polar surface area (TPSA) is 70.6 Å². The van der Waals surface area contributed by atoms with Crippen LogP contribution < -0.4 is 11.1 Å². The van der Waals surface area contributed by atoms with Crippen LogP contribution in [-0.2, 0) is 13.0 Å². The molecule has 0 aromatic heterocycles. The number of aryl methyl sites for hydroxylation is 1.